The number of ketones is 1. The molecular formula is C16H22O4. The number of hydrogen-bond donors (Lipinski definition) is 2. The molecule has 0 spiro atoms. The first-order chi connectivity index (χ1) is 9.23. The lowest BCUT2D eigenvalue weighted by atomic mass is 9.90. The van der Waals surface area contributed by atoms with E-state index in [9.17, 15) is 14.7 Å². The molecule has 0 amide bonds. The fourth-order valence-electron chi connectivity index (χ4n) is 2.09. The van der Waals surface area contributed by atoms with E-state index in [0.717, 1.165) is 11.1 Å². The van der Waals surface area contributed by atoms with E-state index in [-0.39, 0.29) is 36.2 Å². The SMILES string of the molecule is CC(C)c1cc(C(=O)CCC(=O)O)cc(C(C)C)c1O. The Labute approximate surface area is 119 Å². The normalized spacial score (nSPS) is 11.1. The summed E-state index contributed by atoms with van der Waals surface area (Å²) < 4.78 is 0. The van der Waals surface area contributed by atoms with Crippen molar-refractivity contribution in [2.24, 2.45) is 0 Å². The van der Waals surface area contributed by atoms with Crippen LogP contribution in [0.3, 0.4) is 0 Å². The van der Waals surface area contributed by atoms with E-state index in [1.54, 1.807) is 12.1 Å². The summed E-state index contributed by atoms with van der Waals surface area (Å²) in [7, 11) is 0. The molecule has 0 radical (unpaired) electrons. The van der Waals surface area contributed by atoms with E-state index < -0.39 is 5.97 Å². The second kappa shape index (κ2) is 6.55. The molecule has 0 atom stereocenters. The van der Waals surface area contributed by atoms with E-state index >= 15 is 0 Å². The van der Waals surface area contributed by atoms with E-state index in [1.165, 1.54) is 0 Å². The number of aromatic hydroxyl groups is 1. The molecule has 2 N–H and O–H groups in total. The van der Waals surface area contributed by atoms with Crippen molar-refractivity contribution >= 4 is 11.8 Å². The zero-order valence-electron chi connectivity index (χ0n) is 12.4. The number of rotatable bonds is 6. The van der Waals surface area contributed by atoms with Gasteiger partial charge in [-0.15, -0.1) is 0 Å². The molecule has 0 aliphatic heterocycles. The van der Waals surface area contributed by atoms with E-state index in [2.05, 4.69) is 0 Å². The zero-order chi connectivity index (χ0) is 15.4. The van der Waals surface area contributed by atoms with Gasteiger partial charge >= 0.3 is 5.97 Å². The molecule has 1 aromatic carbocycles. The first kappa shape index (κ1) is 16.2. The molecule has 110 valence electrons. The van der Waals surface area contributed by atoms with Gasteiger partial charge in [0.2, 0.25) is 0 Å². The Balaban J connectivity index is 3.20. The topological polar surface area (TPSA) is 74.6 Å². The predicted octanol–water partition coefficient (Wildman–Crippen LogP) is 3.69. The highest BCUT2D eigenvalue weighted by atomic mass is 16.4. The van der Waals surface area contributed by atoms with Crippen molar-refractivity contribution in [3.05, 3.63) is 28.8 Å². The fraction of sp³-hybridized carbons (Fsp3) is 0.500. The molecule has 4 heteroatoms. The number of phenolic OH excluding ortho intramolecular Hbond substituents is 1. The number of carboxylic acids is 1. The van der Waals surface area contributed by atoms with Crippen LogP contribution in [0.25, 0.3) is 0 Å². The van der Waals surface area contributed by atoms with Gasteiger partial charge < -0.3 is 10.2 Å². The second-order valence-corrected chi connectivity index (χ2v) is 5.63. The molecule has 20 heavy (non-hydrogen) atoms. The number of benzene rings is 1. The quantitative estimate of drug-likeness (QED) is 0.778. The standard InChI is InChI=1S/C16H22O4/c1-9(2)12-7-11(14(17)5-6-15(18)19)8-13(10(3)4)16(12)20/h7-10,20H,5-6H2,1-4H3,(H,18,19). The molecule has 0 fully saturated rings. The van der Waals surface area contributed by atoms with Gasteiger partial charge in [-0.05, 0) is 35.1 Å². The summed E-state index contributed by atoms with van der Waals surface area (Å²) in [6.07, 6.45) is -0.192. The van der Waals surface area contributed by atoms with Gasteiger partial charge in [0.25, 0.3) is 0 Å². The number of carbonyl (C=O) groups is 2. The van der Waals surface area contributed by atoms with Crippen molar-refractivity contribution in [2.45, 2.75) is 52.4 Å². The zero-order valence-corrected chi connectivity index (χ0v) is 12.4. The van der Waals surface area contributed by atoms with Crippen LogP contribution < -0.4 is 0 Å². The van der Waals surface area contributed by atoms with Crippen LogP contribution in [-0.2, 0) is 4.79 Å². The van der Waals surface area contributed by atoms with Gasteiger partial charge in [-0.3, -0.25) is 9.59 Å². The average Bonchev–Trinajstić information content (AvgIpc) is 2.35. The van der Waals surface area contributed by atoms with Crippen LogP contribution in [0.4, 0.5) is 0 Å². The third-order valence-electron chi connectivity index (χ3n) is 3.30. The Kier molecular flexibility index (Phi) is 5.31. The number of carbonyl (C=O) groups excluding carboxylic acids is 1. The van der Waals surface area contributed by atoms with Crippen LogP contribution in [0, 0.1) is 0 Å². The highest BCUT2D eigenvalue weighted by Gasteiger charge is 2.18. The maximum absolute atomic E-state index is 12.1. The van der Waals surface area contributed by atoms with E-state index in [4.69, 9.17) is 5.11 Å². The van der Waals surface area contributed by atoms with Crippen molar-refractivity contribution in [3.8, 4) is 5.75 Å². The maximum atomic E-state index is 12.1. The molecule has 0 unspecified atom stereocenters. The van der Waals surface area contributed by atoms with Crippen molar-refractivity contribution in [1.29, 1.82) is 0 Å². The minimum absolute atomic E-state index is 0.0187. The predicted molar refractivity (Wildman–Crippen MR) is 77.5 cm³/mol. The molecule has 0 aliphatic carbocycles. The first-order valence-electron chi connectivity index (χ1n) is 6.85. The largest absolute Gasteiger partial charge is 0.507 e. The molecule has 1 rings (SSSR count). The summed E-state index contributed by atoms with van der Waals surface area (Å²) >= 11 is 0. The summed E-state index contributed by atoms with van der Waals surface area (Å²) in [5, 5.41) is 18.9. The van der Waals surface area contributed by atoms with Gasteiger partial charge in [0.05, 0.1) is 6.42 Å². The minimum Gasteiger partial charge on any atom is -0.507 e. The lowest BCUT2D eigenvalue weighted by molar-refractivity contribution is -0.136. The summed E-state index contributed by atoms with van der Waals surface area (Å²) in [6.45, 7) is 7.80. The summed E-state index contributed by atoms with van der Waals surface area (Å²) in [5.41, 5.74) is 1.95. The summed E-state index contributed by atoms with van der Waals surface area (Å²) in [4.78, 5) is 22.6. The summed E-state index contributed by atoms with van der Waals surface area (Å²) in [5.74, 6) is -0.745. The molecule has 0 aliphatic rings. The van der Waals surface area contributed by atoms with Gasteiger partial charge in [0.1, 0.15) is 5.75 Å². The second-order valence-electron chi connectivity index (χ2n) is 5.63. The monoisotopic (exact) mass is 278 g/mol. The Morgan fingerprint density at radius 2 is 1.45 bits per heavy atom. The van der Waals surface area contributed by atoms with Crippen molar-refractivity contribution in [1.82, 2.24) is 0 Å². The third kappa shape index (κ3) is 3.83. The number of Topliss-reactive ketones (excluding diaryl/α,β-unsaturated/α-hetero) is 1. The van der Waals surface area contributed by atoms with E-state index in [0.29, 0.717) is 5.56 Å². The van der Waals surface area contributed by atoms with Crippen molar-refractivity contribution in [3.63, 3.8) is 0 Å². The molecule has 4 nitrogen and oxygen atoms in total. The molecule has 1 aromatic rings. The van der Waals surface area contributed by atoms with Crippen LogP contribution in [0.5, 0.6) is 5.75 Å². The Morgan fingerprint density at radius 3 is 1.80 bits per heavy atom. The molecular weight excluding hydrogens is 256 g/mol. The van der Waals surface area contributed by atoms with Crippen molar-refractivity contribution < 1.29 is 19.8 Å². The van der Waals surface area contributed by atoms with Crippen molar-refractivity contribution in [2.75, 3.05) is 0 Å². The van der Waals surface area contributed by atoms with Gasteiger partial charge in [0, 0.05) is 12.0 Å². The number of aliphatic carboxylic acids is 1. The molecule has 0 saturated heterocycles. The molecule has 0 heterocycles. The fourth-order valence-corrected chi connectivity index (χ4v) is 2.09. The van der Waals surface area contributed by atoms with Gasteiger partial charge in [-0.25, -0.2) is 0 Å². The number of carboxylic acid groups (broad SMARTS) is 1. The number of hydrogen-bond acceptors (Lipinski definition) is 3. The minimum atomic E-state index is -0.981. The highest BCUT2D eigenvalue weighted by molar-refractivity contribution is 5.98. The first-order valence-corrected chi connectivity index (χ1v) is 6.85. The van der Waals surface area contributed by atoms with Crippen LogP contribution in [-0.4, -0.2) is 22.0 Å². The van der Waals surface area contributed by atoms with Gasteiger partial charge in [0.15, 0.2) is 5.78 Å². The smallest absolute Gasteiger partial charge is 0.303 e. The Morgan fingerprint density at radius 1 is 1.00 bits per heavy atom. The highest BCUT2D eigenvalue weighted by Crippen LogP contribution is 2.35. The lowest BCUT2D eigenvalue weighted by Crippen LogP contribution is -2.06. The number of phenols is 1. The van der Waals surface area contributed by atoms with Gasteiger partial charge in [-0.2, -0.15) is 0 Å². The lowest BCUT2D eigenvalue weighted by Gasteiger charge is -2.17. The molecule has 0 saturated carbocycles. The Bertz CT molecular complexity index is 486. The summed E-state index contributed by atoms with van der Waals surface area (Å²) in [6, 6.07) is 3.35. The third-order valence-corrected chi connectivity index (χ3v) is 3.30. The van der Waals surface area contributed by atoms with Crippen LogP contribution in [0.2, 0.25) is 0 Å². The Hall–Kier alpha value is -1.84. The maximum Gasteiger partial charge on any atom is 0.303 e. The van der Waals surface area contributed by atoms with Crippen LogP contribution in [0.15, 0.2) is 12.1 Å². The average molecular weight is 278 g/mol. The molecule has 0 bridgehead atoms. The van der Waals surface area contributed by atoms with Crippen LogP contribution in [0.1, 0.15) is 73.9 Å². The molecule has 0 aromatic heterocycles. The van der Waals surface area contributed by atoms with E-state index in [1.807, 2.05) is 27.7 Å². The van der Waals surface area contributed by atoms with Crippen LogP contribution >= 0.6 is 0 Å². The van der Waals surface area contributed by atoms with Gasteiger partial charge in [-0.1, -0.05) is 27.7 Å².